The van der Waals surface area contributed by atoms with E-state index in [2.05, 4.69) is 0 Å². The third kappa shape index (κ3) is 3.73. The first kappa shape index (κ1) is 13.9. The van der Waals surface area contributed by atoms with Gasteiger partial charge >= 0.3 is 21.2 Å². The Balaban J connectivity index is 2.12. The zero-order valence-electron chi connectivity index (χ0n) is 10.8. The van der Waals surface area contributed by atoms with E-state index in [1.54, 1.807) is 13.8 Å². The predicted molar refractivity (Wildman–Crippen MR) is 70.3 cm³/mol. The minimum atomic E-state index is -0.259. The number of carbonyl (C=O) groups is 2. The molecule has 2 rings (SSSR count). The largest absolute Gasteiger partial charge is 0.357 e. The molecule has 0 N–H and O–H groups in total. The van der Waals surface area contributed by atoms with Gasteiger partial charge in [-0.1, -0.05) is 0 Å². The number of hydrogen-bond acceptors (Lipinski definition) is 2. The molecule has 2 aromatic carbocycles. The maximum Gasteiger partial charge on any atom is 0.357 e. The van der Waals surface area contributed by atoms with Crippen molar-refractivity contribution in [3.63, 3.8) is 0 Å². The van der Waals surface area contributed by atoms with Crippen LogP contribution in [0.2, 0.25) is 0 Å². The molecule has 0 saturated carbocycles. The maximum atomic E-state index is 11.2. The molecule has 96 valence electrons. The molecule has 2 aromatic rings. The van der Waals surface area contributed by atoms with E-state index in [0.717, 1.165) is 11.1 Å². The Morgan fingerprint density at radius 2 is 1.00 bits per heavy atom. The Morgan fingerprint density at radius 1 is 0.684 bits per heavy atom. The van der Waals surface area contributed by atoms with Crippen molar-refractivity contribution < 1.29 is 30.8 Å². The van der Waals surface area contributed by atoms with Crippen LogP contribution in [0.5, 0.6) is 0 Å². The second-order valence-electron chi connectivity index (χ2n) is 4.22. The van der Waals surface area contributed by atoms with Crippen LogP contribution in [0, 0.1) is 7.14 Å². The van der Waals surface area contributed by atoms with E-state index in [-0.39, 0.29) is 32.8 Å². The van der Waals surface area contributed by atoms with E-state index >= 15 is 0 Å². The number of benzene rings is 2. The van der Waals surface area contributed by atoms with Crippen molar-refractivity contribution in [2.24, 2.45) is 0 Å². The Morgan fingerprint density at radius 3 is 1.26 bits per heavy atom. The topological polar surface area (TPSA) is 34.1 Å². The van der Waals surface area contributed by atoms with Crippen molar-refractivity contribution in [2.45, 2.75) is 13.8 Å². The zero-order valence-corrected chi connectivity index (χ0v) is 13.0. The van der Waals surface area contributed by atoms with Gasteiger partial charge in [0.05, 0.1) is 0 Å². The highest BCUT2D eigenvalue weighted by atomic mass is 127. The molecule has 2 nitrogen and oxygen atoms in total. The van der Waals surface area contributed by atoms with Gasteiger partial charge < -0.3 is 0 Å². The van der Waals surface area contributed by atoms with Crippen LogP contribution in [0.3, 0.4) is 0 Å². The summed E-state index contributed by atoms with van der Waals surface area (Å²) in [6.07, 6.45) is 0. The van der Waals surface area contributed by atoms with Crippen LogP contribution in [0.4, 0.5) is 0 Å². The summed E-state index contributed by atoms with van der Waals surface area (Å²) in [5.41, 5.74) is 1.50. The lowest BCUT2D eigenvalue weighted by Crippen LogP contribution is -3.61. The fourth-order valence-corrected chi connectivity index (χ4v) is 3.78. The van der Waals surface area contributed by atoms with Gasteiger partial charge in [0.15, 0.2) is 18.7 Å². The van der Waals surface area contributed by atoms with Crippen LogP contribution in [0.15, 0.2) is 48.5 Å². The molecular formula is C16H14IO2+. The van der Waals surface area contributed by atoms with Gasteiger partial charge in [0.25, 0.3) is 0 Å². The predicted octanol–water partition coefficient (Wildman–Crippen LogP) is 0.220. The summed E-state index contributed by atoms with van der Waals surface area (Å²) in [6, 6.07) is 15.6. The third-order valence-corrected chi connectivity index (χ3v) is 5.40. The van der Waals surface area contributed by atoms with Crippen molar-refractivity contribution in [3.05, 3.63) is 66.8 Å². The number of ketones is 2. The summed E-state index contributed by atoms with van der Waals surface area (Å²) in [6.45, 7) is 3.15. The Labute approximate surface area is 123 Å². The van der Waals surface area contributed by atoms with Crippen molar-refractivity contribution in [1.82, 2.24) is 0 Å². The number of halogens is 1. The Kier molecular flexibility index (Phi) is 4.47. The lowest BCUT2D eigenvalue weighted by molar-refractivity contribution is -0.597. The van der Waals surface area contributed by atoms with Crippen LogP contribution >= 0.6 is 0 Å². The molecule has 0 aliphatic heterocycles. The smallest absolute Gasteiger partial charge is 0.295 e. The number of hydrogen-bond donors (Lipinski definition) is 0. The van der Waals surface area contributed by atoms with Gasteiger partial charge in [0.1, 0.15) is 0 Å². The molecule has 0 aromatic heterocycles. The van der Waals surface area contributed by atoms with Crippen LogP contribution in [0.25, 0.3) is 0 Å². The van der Waals surface area contributed by atoms with Gasteiger partial charge in [-0.25, -0.2) is 0 Å². The lowest BCUT2D eigenvalue weighted by atomic mass is 10.2. The van der Waals surface area contributed by atoms with Gasteiger partial charge in [-0.05, 0) is 62.4 Å². The molecule has 0 unspecified atom stereocenters. The second-order valence-corrected chi connectivity index (χ2v) is 7.25. The summed E-state index contributed by atoms with van der Waals surface area (Å²) in [5, 5.41) is 0. The molecule has 0 aliphatic carbocycles. The monoisotopic (exact) mass is 365 g/mol. The fourth-order valence-electron chi connectivity index (χ4n) is 1.62. The van der Waals surface area contributed by atoms with Crippen molar-refractivity contribution >= 4 is 11.6 Å². The first-order valence-corrected chi connectivity index (χ1v) is 8.09. The molecule has 0 heterocycles. The third-order valence-electron chi connectivity index (χ3n) is 2.72. The first-order chi connectivity index (χ1) is 9.06. The average Bonchev–Trinajstić information content (AvgIpc) is 2.40. The van der Waals surface area contributed by atoms with Crippen LogP contribution in [0.1, 0.15) is 34.6 Å². The molecule has 0 saturated heterocycles. The van der Waals surface area contributed by atoms with E-state index in [1.165, 1.54) is 7.14 Å². The molecule has 0 fully saturated rings. The molecule has 0 radical (unpaired) electrons. The molecule has 0 spiro atoms. The molecule has 19 heavy (non-hydrogen) atoms. The highest BCUT2D eigenvalue weighted by Gasteiger charge is 2.15. The van der Waals surface area contributed by atoms with Gasteiger partial charge in [0, 0.05) is 11.1 Å². The zero-order chi connectivity index (χ0) is 13.8. The van der Waals surface area contributed by atoms with Gasteiger partial charge in [-0.3, -0.25) is 9.59 Å². The first-order valence-electron chi connectivity index (χ1n) is 5.93. The summed E-state index contributed by atoms with van der Waals surface area (Å²) in [5.74, 6) is 0.186. The Bertz CT molecular complexity index is 542. The maximum absolute atomic E-state index is 11.2. The number of carbonyl (C=O) groups excluding carboxylic acids is 2. The molecule has 0 aliphatic rings. The van der Waals surface area contributed by atoms with Crippen molar-refractivity contribution in [3.8, 4) is 0 Å². The van der Waals surface area contributed by atoms with Crippen LogP contribution in [-0.2, 0) is 0 Å². The van der Waals surface area contributed by atoms with E-state index in [1.807, 2.05) is 48.5 Å². The van der Waals surface area contributed by atoms with Crippen LogP contribution in [-0.4, -0.2) is 11.6 Å². The number of rotatable bonds is 4. The standard InChI is InChI=1S/C16H14IO2/c1-11(18)13-3-7-15(8-4-13)17-16-9-5-14(6-10-16)12(2)19/h3-10H,1-2H3/q+1. The molecular weight excluding hydrogens is 351 g/mol. The summed E-state index contributed by atoms with van der Waals surface area (Å²) in [7, 11) is 0. The van der Waals surface area contributed by atoms with Gasteiger partial charge in [-0.15, -0.1) is 0 Å². The van der Waals surface area contributed by atoms with E-state index in [0.29, 0.717) is 0 Å². The molecule has 0 bridgehead atoms. The van der Waals surface area contributed by atoms with Crippen molar-refractivity contribution in [2.75, 3.05) is 0 Å². The Hall–Kier alpha value is -1.49. The average molecular weight is 365 g/mol. The highest BCUT2D eigenvalue weighted by molar-refractivity contribution is 5.94. The van der Waals surface area contributed by atoms with Crippen molar-refractivity contribution in [1.29, 1.82) is 0 Å². The minimum Gasteiger partial charge on any atom is -0.295 e. The number of Topliss-reactive ketones (excluding diaryl/α,β-unsaturated/α-hetero) is 2. The van der Waals surface area contributed by atoms with E-state index < -0.39 is 0 Å². The quantitative estimate of drug-likeness (QED) is 0.574. The summed E-state index contributed by atoms with van der Waals surface area (Å²) >= 11 is -0.259. The van der Waals surface area contributed by atoms with E-state index in [9.17, 15) is 9.59 Å². The SMILES string of the molecule is CC(=O)c1ccc([I+]c2ccc(C(C)=O)cc2)cc1. The summed E-state index contributed by atoms with van der Waals surface area (Å²) < 4.78 is 2.53. The molecule has 3 heteroatoms. The van der Waals surface area contributed by atoms with Gasteiger partial charge in [-0.2, -0.15) is 0 Å². The minimum absolute atomic E-state index is 0.0931. The van der Waals surface area contributed by atoms with Gasteiger partial charge in [0.2, 0.25) is 0 Å². The lowest BCUT2D eigenvalue weighted by Gasteiger charge is -1.94. The normalized spacial score (nSPS) is 10.2. The second kappa shape index (κ2) is 6.10. The fraction of sp³-hybridized carbons (Fsp3) is 0.125. The van der Waals surface area contributed by atoms with E-state index in [4.69, 9.17) is 0 Å². The van der Waals surface area contributed by atoms with Crippen LogP contribution < -0.4 is 21.2 Å². The molecule has 0 atom stereocenters. The highest BCUT2D eigenvalue weighted by Crippen LogP contribution is 2.00. The molecule has 0 amide bonds. The summed E-state index contributed by atoms with van der Waals surface area (Å²) in [4.78, 5) is 22.4.